The van der Waals surface area contributed by atoms with Crippen LogP contribution >= 0.6 is 11.6 Å². The van der Waals surface area contributed by atoms with E-state index in [1.54, 1.807) is 24.3 Å². The van der Waals surface area contributed by atoms with Gasteiger partial charge in [0.2, 0.25) is 11.6 Å². The summed E-state index contributed by atoms with van der Waals surface area (Å²) in [5.41, 5.74) is 0.00156. The van der Waals surface area contributed by atoms with Gasteiger partial charge in [-0.25, -0.2) is 0 Å². The van der Waals surface area contributed by atoms with Crippen molar-refractivity contribution in [3.63, 3.8) is 0 Å². The van der Waals surface area contributed by atoms with Crippen molar-refractivity contribution in [3.8, 4) is 0 Å². The molecule has 2 aromatic rings. The Morgan fingerprint density at radius 3 is 2.05 bits per heavy atom. The molecule has 2 nitrogen and oxygen atoms in total. The van der Waals surface area contributed by atoms with Crippen LogP contribution in [0.15, 0.2) is 24.3 Å². The highest BCUT2D eigenvalue weighted by molar-refractivity contribution is 6.30. The van der Waals surface area contributed by atoms with Crippen LogP contribution in [0.1, 0.15) is 5.56 Å². The Hall–Kier alpha value is -1.82. The standard InChI is InChI=1S/C13H9ClF4N2/c14-8-3-1-7(2-4-8)5-6-19-11-9(15)12(17)20-13(18)10(11)16/h1-4H,5-6H2,(H,19,20). The van der Waals surface area contributed by atoms with Gasteiger partial charge in [-0.15, -0.1) is 0 Å². The smallest absolute Gasteiger partial charge is 0.253 e. The lowest BCUT2D eigenvalue weighted by molar-refractivity contribution is 0.410. The van der Waals surface area contributed by atoms with Gasteiger partial charge in [0.05, 0.1) is 0 Å². The van der Waals surface area contributed by atoms with Crippen molar-refractivity contribution < 1.29 is 17.6 Å². The summed E-state index contributed by atoms with van der Waals surface area (Å²) < 4.78 is 52.3. The number of hydrogen-bond donors (Lipinski definition) is 1. The van der Waals surface area contributed by atoms with Gasteiger partial charge >= 0.3 is 0 Å². The van der Waals surface area contributed by atoms with Crippen molar-refractivity contribution >= 4 is 17.3 Å². The summed E-state index contributed by atoms with van der Waals surface area (Å²) in [7, 11) is 0. The van der Waals surface area contributed by atoms with Crippen LogP contribution in [0.2, 0.25) is 5.02 Å². The minimum absolute atomic E-state index is 0.0956. The number of nitrogens with zero attached hydrogens (tertiary/aromatic N) is 1. The van der Waals surface area contributed by atoms with E-state index in [9.17, 15) is 17.6 Å². The van der Waals surface area contributed by atoms with E-state index in [0.29, 0.717) is 11.4 Å². The summed E-state index contributed by atoms with van der Waals surface area (Å²) in [4.78, 5) is 2.47. The normalized spacial score (nSPS) is 10.7. The van der Waals surface area contributed by atoms with Crippen molar-refractivity contribution in [2.45, 2.75) is 6.42 Å². The molecule has 7 heteroatoms. The highest BCUT2D eigenvalue weighted by atomic mass is 35.5. The van der Waals surface area contributed by atoms with Crippen LogP contribution in [0.3, 0.4) is 0 Å². The first kappa shape index (κ1) is 14.6. The van der Waals surface area contributed by atoms with Crippen LogP contribution in [0.25, 0.3) is 0 Å². The number of halogens is 5. The van der Waals surface area contributed by atoms with Crippen LogP contribution in [0.5, 0.6) is 0 Å². The Balaban J connectivity index is 2.06. The predicted octanol–water partition coefficient (Wildman–Crippen LogP) is 3.95. The summed E-state index contributed by atoms with van der Waals surface area (Å²) in [6.45, 7) is 0.0956. The minimum Gasteiger partial charge on any atom is -0.380 e. The molecule has 0 bridgehead atoms. The Labute approximate surface area is 117 Å². The van der Waals surface area contributed by atoms with Gasteiger partial charge in [-0.2, -0.15) is 22.5 Å². The van der Waals surface area contributed by atoms with Gasteiger partial charge in [-0.3, -0.25) is 0 Å². The summed E-state index contributed by atoms with van der Waals surface area (Å²) in [5, 5.41) is 2.89. The van der Waals surface area contributed by atoms with Gasteiger partial charge in [0, 0.05) is 11.6 Å². The molecular weight excluding hydrogens is 296 g/mol. The molecule has 106 valence electrons. The van der Waals surface area contributed by atoms with E-state index in [4.69, 9.17) is 11.6 Å². The zero-order valence-electron chi connectivity index (χ0n) is 10.1. The van der Waals surface area contributed by atoms with Crippen LogP contribution in [-0.2, 0) is 6.42 Å². The molecule has 1 aromatic carbocycles. The number of hydrogen-bond acceptors (Lipinski definition) is 2. The van der Waals surface area contributed by atoms with Gasteiger partial charge in [-0.1, -0.05) is 23.7 Å². The van der Waals surface area contributed by atoms with E-state index < -0.39 is 29.2 Å². The van der Waals surface area contributed by atoms with E-state index in [0.717, 1.165) is 5.56 Å². The van der Waals surface area contributed by atoms with Gasteiger partial charge in [0.15, 0.2) is 0 Å². The summed E-state index contributed by atoms with van der Waals surface area (Å²) in [6.07, 6.45) is 0.404. The molecule has 0 amide bonds. The van der Waals surface area contributed by atoms with Gasteiger partial charge < -0.3 is 5.32 Å². The fraction of sp³-hybridized carbons (Fsp3) is 0.154. The average molecular weight is 305 g/mol. The second-order valence-electron chi connectivity index (χ2n) is 4.00. The Morgan fingerprint density at radius 2 is 1.50 bits per heavy atom. The second kappa shape index (κ2) is 6.09. The van der Waals surface area contributed by atoms with E-state index in [2.05, 4.69) is 10.3 Å². The molecule has 1 aromatic heterocycles. The first-order valence-electron chi connectivity index (χ1n) is 5.67. The highest BCUT2D eigenvalue weighted by Crippen LogP contribution is 2.22. The zero-order valence-corrected chi connectivity index (χ0v) is 10.8. The third-order valence-corrected chi connectivity index (χ3v) is 2.88. The maximum absolute atomic E-state index is 13.3. The zero-order chi connectivity index (χ0) is 14.7. The van der Waals surface area contributed by atoms with E-state index in [1.807, 2.05) is 0 Å². The molecule has 0 aliphatic rings. The van der Waals surface area contributed by atoms with Gasteiger partial charge in [0.1, 0.15) is 5.69 Å². The molecule has 1 N–H and O–H groups in total. The third-order valence-electron chi connectivity index (χ3n) is 2.63. The molecule has 0 atom stereocenters. The van der Waals surface area contributed by atoms with Crippen LogP contribution in [0, 0.1) is 23.5 Å². The first-order valence-corrected chi connectivity index (χ1v) is 6.05. The number of nitrogens with one attached hydrogen (secondary N) is 1. The Morgan fingerprint density at radius 1 is 0.950 bits per heavy atom. The highest BCUT2D eigenvalue weighted by Gasteiger charge is 2.20. The van der Waals surface area contributed by atoms with Crippen LogP contribution in [0.4, 0.5) is 23.2 Å². The molecule has 0 aliphatic carbocycles. The van der Waals surface area contributed by atoms with Crippen molar-refractivity contribution in [2.75, 3.05) is 11.9 Å². The molecule has 0 unspecified atom stereocenters. The largest absolute Gasteiger partial charge is 0.380 e. The number of benzene rings is 1. The van der Waals surface area contributed by atoms with Crippen molar-refractivity contribution in [1.82, 2.24) is 4.98 Å². The molecular formula is C13H9ClF4N2. The summed E-state index contributed by atoms with van der Waals surface area (Å²) >= 11 is 5.71. The lowest BCUT2D eigenvalue weighted by atomic mass is 10.1. The fourth-order valence-corrected chi connectivity index (χ4v) is 1.75. The molecule has 0 spiro atoms. The third kappa shape index (κ3) is 3.19. The van der Waals surface area contributed by atoms with Crippen molar-refractivity contribution in [3.05, 3.63) is 58.4 Å². The molecule has 1 heterocycles. The summed E-state index contributed by atoms with van der Waals surface area (Å²) in [6, 6.07) is 6.82. The van der Waals surface area contributed by atoms with E-state index >= 15 is 0 Å². The Kier molecular flexibility index (Phi) is 4.44. The Bertz CT molecular complexity index is 591. The predicted molar refractivity (Wildman–Crippen MR) is 67.7 cm³/mol. The van der Waals surface area contributed by atoms with Gasteiger partial charge in [0.25, 0.3) is 11.9 Å². The number of anilines is 1. The molecule has 0 saturated carbocycles. The molecule has 0 aliphatic heterocycles. The lowest BCUT2D eigenvalue weighted by Crippen LogP contribution is -2.12. The van der Waals surface area contributed by atoms with Crippen molar-refractivity contribution in [2.24, 2.45) is 0 Å². The van der Waals surface area contributed by atoms with Gasteiger partial charge in [-0.05, 0) is 24.1 Å². The lowest BCUT2D eigenvalue weighted by Gasteiger charge is -2.09. The van der Waals surface area contributed by atoms with E-state index in [1.165, 1.54) is 0 Å². The number of pyridine rings is 1. The van der Waals surface area contributed by atoms with Crippen LogP contribution in [-0.4, -0.2) is 11.5 Å². The molecule has 20 heavy (non-hydrogen) atoms. The molecule has 2 rings (SSSR count). The molecule has 0 saturated heterocycles. The topological polar surface area (TPSA) is 24.9 Å². The van der Waals surface area contributed by atoms with Crippen molar-refractivity contribution in [1.29, 1.82) is 0 Å². The fourth-order valence-electron chi connectivity index (χ4n) is 1.63. The maximum Gasteiger partial charge on any atom is 0.253 e. The first-order chi connectivity index (χ1) is 9.49. The monoisotopic (exact) mass is 304 g/mol. The minimum atomic E-state index is -1.68. The van der Waals surface area contributed by atoms with E-state index in [-0.39, 0.29) is 6.54 Å². The van der Waals surface area contributed by atoms with Crippen LogP contribution < -0.4 is 5.32 Å². The maximum atomic E-state index is 13.3. The number of rotatable bonds is 4. The average Bonchev–Trinajstić information content (AvgIpc) is 2.42. The molecule has 0 fully saturated rings. The molecule has 0 radical (unpaired) electrons. The second-order valence-corrected chi connectivity index (χ2v) is 4.44. The SMILES string of the molecule is Fc1nc(F)c(F)c(NCCc2ccc(Cl)cc2)c1F. The quantitative estimate of drug-likeness (QED) is 0.683. The summed E-state index contributed by atoms with van der Waals surface area (Å²) in [5.74, 6) is -6.45. The number of aromatic nitrogens is 1.